The van der Waals surface area contributed by atoms with E-state index in [4.69, 9.17) is 4.74 Å². The zero-order chi connectivity index (χ0) is 15.3. The fourth-order valence-corrected chi connectivity index (χ4v) is 2.55. The number of aryl methyl sites for hydroxylation is 1. The van der Waals surface area contributed by atoms with Gasteiger partial charge in [0.15, 0.2) is 0 Å². The lowest BCUT2D eigenvalue weighted by Gasteiger charge is -2.21. The van der Waals surface area contributed by atoms with Crippen molar-refractivity contribution in [1.29, 1.82) is 0 Å². The maximum Gasteiger partial charge on any atom is 0.0951 e. The van der Waals surface area contributed by atoms with Gasteiger partial charge in [-0.1, -0.05) is 63.8 Å². The Balaban J connectivity index is 2.43. The molecule has 0 amide bonds. The van der Waals surface area contributed by atoms with Crippen LogP contribution in [0.4, 0.5) is 0 Å². The molecule has 2 nitrogen and oxygen atoms in total. The maximum atomic E-state index is 6.17. The van der Waals surface area contributed by atoms with Crippen molar-refractivity contribution in [1.82, 2.24) is 5.32 Å². The third kappa shape index (κ3) is 7.63. The molecular weight excluding hydrogens is 258 g/mol. The first-order chi connectivity index (χ1) is 10.3. The Kier molecular flexibility index (Phi) is 10.2. The Morgan fingerprint density at radius 2 is 1.76 bits per heavy atom. The summed E-state index contributed by atoms with van der Waals surface area (Å²) < 4.78 is 6.17. The van der Waals surface area contributed by atoms with Gasteiger partial charge in [-0.25, -0.2) is 0 Å². The van der Waals surface area contributed by atoms with E-state index in [9.17, 15) is 0 Å². The zero-order valence-corrected chi connectivity index (χ0v) is 14.2. The summed E-state index contributed by atoms with van der Waals surface area (Å²) in [6.45, 7) is 9.47. The summed E-state index contributed by atoms with van der Waals surface area (Å²) >= 11 is 0. The van der Waals surface area contributed by atoms with Crippen LogP contribution >= 0.6 is 0 Å². The highest BCUT2D eigenvalue weighted by Crippen LogP contribution is 2.21. The third-order valence-electron chi connectivity index (χ3n) is 3.86. The van der Waals surface area contributed by atoms with Gasteiger partial charge in [0.1, 0.15) is 0 Å². The van der Waals surface area contributed by atoms with Gasteiger partial charge in [-0.3, -0.25) is 0 Å². The number of rotatable bonds is 12. The summed E-state index contributed by atoms with van der Waals surface area (Å²) in [5, 5.41) is 3.50. The molecule has 0 aliphatic rings. The molecule has 1 aromatic carbocycles. The molecule has 0 radical (unpaired) electrons. The number of ether oxygens (including phenoxy) is 1. The van der Waals surface area contributed by atoms with Crippen LogP contribution < -0.4 is 5.32 Å². The third-order valence-corrected chi connectivity index (χ3v) is 3.86. The second-order valence-corrected chi connectivity index (χ2v) is 5.83. The molecule has 21 heavy (non-hydrogen) atoms. The maximum absolute atomic E-state index is 6.17. The predicted molar refractivity (Wildman–Crippen MR) is 91.8 cm³/mol. The normalized spacial score (nSPS) is 12.5. The van der Waals surface area contributed by atoms with E-state index in [-0.39, 0.29) is 6.10 Å². The molecule has 0 bridgehead atoms. The SMILES string of the molecule is CCCCCCCOC(CNCCC)c1ccccc1C. The van der Waals surface area contributed by atoms with Crippen molar-refractivity contribution in [2.75, 3.05) is 19.7 Å². The van der Waals surface area contributed by atoms with Crippen molar-refractivity contribution in [2.45, 2.75) is 65.4 Å². The highest BCUT2D eigenvalue weighted by Gasteiger charge is 2.13. The largest absolute Gasteiger partial charge is 0.372 e. The van der Waals surface area contributed by atoms with Gasteiger partial charge in [-0.05, 0) is 37.4 Å². The van der Waals surface area contributed by atoms with Crippen LogP contribution in [-0.2, 0) is 4.74 Å². The van der Waals surface area contributed by atoms with E-state index in [2.05, 4.69) is 50.4 Å². The Hall–Kier alpha value is -0.860. The van der Waals surface area contributed by atoms with Crippen molar-refractivity contribution < 1.29 is 4.74 Å². The number of benzene rings is 1. The molecule has 1 atom stereocenters. The van der Waals surface area contributed by atoms with Gasteiger partial charge in [0.2, 0.25) is 0 Å². The second-order valence-electron chi connectivity index (χ2n) is 5.83. The monoisotopic (exact) mass is 291 g/mol. The molecule has 1 unspecified atom stereocenters. The smallest absolute Gasteiger partial charge is 0.0951 e. The fraction of sp³-hybridized carbons (Fsp3) is 0.684. The standard InChI is InChI=1S/C19H33NO/c1-4-6-7-8-11-15-21-19(16-20-14-5-2)18-13-10-9-12-17(18)3/h9-10,12-13,19-20H,4-8,11,14-16H2,1-3H3. The summed E-state index contributed by atoms with van der Waals surface area (Å²) in [6, 6.07) is 8.58. The first-order valence-corrected chi connectivity index (χ1v) is 8.67. The molecule has 0 aliphatic heterocycles. The summed E-state index contributed by atoms with van der Waals surface area (Å²) in [7, 11) is 0. The van der Waals surface area contributed by atoms with Crippen LogP contribution in [-0.4, -0.2) is 19.7 Å². The lowest BCUT2D eigenvalue weighted by atomic mass is 10.0. The quantitative estimate of drug-likeness (QED) is 0.546. The molecule has 0 saturated carbocycles. The highest BCUT2D eigenvalue weighted by molar-refractivity contribution is 5.28. The predicted octanol–water partition coefficient (Wildman–Crippen LogP) is 5.02. The summed E-state index contributed by atoms with van der Waals surface area (Å²) in [4.78, 5) is 0. The molecular formula is C19H33NO. The molecule has 0 saturated heterocycles. The van der Waals surface area contributed by atoms with E-state index in [0.717, 1.165) is 26.1 Å². The molecule has 1 aromatic rings. The van der Waals surface area contributed by atoms with E-state index < -0.39 is 0 Å². The van der Waals surface area contributed by atoms with Crippen LogP contribution in [0.2, 0.25) is 0 Å². The topological polar surface area (TPSA) is 21.3 Å². The van der Waals surface area contributed by atoms with Crippen LogP contribution in [0, 0.1) is 6.92 Å². The Labute approximate surface area is 131 Å². The Bertz CT molecular complexity index is 364. The molecule has 1 N–H and O–H groups in total. The van der Waals surface area contributed by atoms with Crippen molar-refractivity contribution in [3.63, 3.8) is 0 Å². The van der Waals surface area contributed by atoms with Crippen molar-refractivity contribution in [3.05, 3.63) is 35.4 Å². The number of hydrogen-bond acceptors (Lipinski definition) is 2. The summed E-state index contributed by atoms with van der Waals surface area (Å²) in [5.41, 5.74) is 2.65. The van der Waals surface area contributed by atoms with Gasteiger partial charge >= 0.3 is 0 Å². The van der Waals surface area contributed by atoms with Gasteiger partial charge in [-0.15, -0.1) is 0 Å². The van der Waals surface area contributed by atoms with Gasteiger partial charge in [-0.2, -0.15) is 0 Å². The molecule has 0 aliphatic carbocycles. The van der Waals surface area contributed by atoms with Crippen LogP contribution in [0.3, 0.4) is 0 Å². The van der Waals surface area contributed by atoms with E-state index in [1.807, 2.05) is 0 Å². The minimum atomic E-state index is 0.184. The fourth-order valence-electron chi connectivity index (χ4n) is 2.55. The summed E-state index contributed by atoms with van der Waals surface area (Å²) in [5.74, 6) is 0. The van der Waals surface area contributed by atoms with Gasteiger partial charge in [0.25, 0.3) is 0 Å². The van der Waals surface area contributed by atoms with E-state index in [1.54, 1.807) is 0 Å². The second kappa shape index (κ2) is 11.8. The van der Waals surface area contributed by atoms with Crippen LogP contribution in [0.5, 0.6) is 0 Å². The van der Waals surface area contributed by atoms with Gasteiger partial charge in [0.05, 0.1) is 6.10 Å². The average molecular weight is 291 g/mol. The van der Waals surface area contributed by atoms with Crippen LogP contribution in [0.25, 0.3) is 0 Å². The van der Waals surface area contributed by atoms with E-state index in [1.165, 1.54) is 43.2 Å². The molecule has 120 valence electrons. The number of unbranched alkanes of at least 4 members (excludes halogenated alkanes) is 4. The minimum Gasteiger partial charge on any atom is -0.372 e. The summed E-state index contributed by atoms with van der Waals surface area (Å²) in [6.07, 6.45) is 7.80. The van der Waals surface area contributed by atoms with E-state index in [0.29, 0.717) is 0 Å². The molecule has 2 heteroatoms. The molecule has 0 spiro atoms. The van der Waals surface area contributed by atoms with Crippen LogP contribution in [0.15, 0.2) is 24.3 Å². The van der Waals surface area contributed by atoms with E-state index >= 15 is 0 Å². The highest BCUT2D eigenvalue weighted by atomic mass is 16.5. The molecule has 0 heterocycles. The van der Waals surface area contributed by atoms with Gasteiger partial charge in [0, 0.05) is 13.2 Å². The van der Waals surface area contributed by atoms with Crippen molar-refractivity contribution in [3.8, 4) is 0 Å². The minimum absolute atomic E-state index is 0.184. The molecule has 1 rings (SSSR count). The average Bonchev–Trinajstić information content (AvgIpc) is 2.50. The number of hydrogen-bond donors (Lipinski definition) is 1. The lowest BCUT2D eigenvalue weighted by molar-refractivity contribution is 0.0495. The first kappa shape index (κ1) is 18.2. The number of nitrogens with one attached hydrogen (secondary N) is 1. The zero-order valence-electron chi connectivity index (χ0n) is 14.2. The molecule has 0 fully saturated rings. The van der Waals surface area contributed by atoms with Crippen LogP contribution in [0.1, 0.15) is 69.6 Å². The van der Waals surface area contributed by atoms with Crippen molar-refractivity contribution >= 4 is 0 Å². The Morgan fingerprint density at radius 1 is 1.00 bits per heavy atom. The van der Waals surface area contributed by atoms with Crippen molar-refractivity contribution in [2.24, 2.45) is 0 Å². The van der Waals surface area contributed by atoms with Gasteiger partial charge < -0.3 is 10.1 Å². The molecule has 0 aromatic heterocycles. The Morgan fingerprint density at radius 3 is 2.48 bits per heavy atom. The first-order valence-electron chi connectivity index (χ1n) is 8.67. The lowest BCUT2D eigenvalue weighted by Crippen LogP contribution is -2.25.